The van der Waals surface area contributed by atoms with Crippen LogP contribution >= 0.6 is 0 Å². The molecule has 20 heavy (non-hydrogen) atoms. The number of benzene rings is 1. The van der Waals surface area contributed by atoms with Crippen LogP contribution in [-0.4, -0.2) is 39.0 Å². The Morgan fingerprint density at radius 2 is 1.80 bits per heavy atom. The zero-order valence-corrected chi connectivity index (χ0v) is 11.9. The van der Waals surface area contributed by atoms with E-state index in [1.807, 2.05) is 0 Å². The van der Waals surface area contributed by atoms with Gasteiger partial charge in [-0.1, -0.05) is 0 Å². The number of ether oxygens (including phenoxy) is 4. The van der Waals surface area contributed by atoms with Crippen LogP contribution in [0.1, 0.15) is 12.5 Å². The predicted octanol–water partition coefficient (Wildman–Crippen LogP) is 2.17. The van der Waals surface area contributed by atoms with Crippen LogP contribution in [0.5, 0.6) is 17.2 Å². The Kier molecular flexibility index (Phi) is 5.71. The third kappa shape index (κ3) is 3.34. The molecule has 1 N–H and O–H groups in total. The van der Waals surface area contributed by atoms with Crippen LogP contribution in [0.25, 0.3) is 6.08 Å². The standard InChI is InChI=1S/C14H18O6/c1-5-20-11(14(15)16)8-9-6-7-10(17-2)13(19-4)12(9)18-3/h6-8H,5H2,1-4H3,(H,15,16). The largest absolute Gasteiger partial charge is 0.493 e. The molecule has 0 unspecified atom stereocenters. The van der Waals surface area contributed by atoms with E-state index in [1.165, 1.54) is 27.4 Å². The fraction of sp³-hybridized carbons (Fsp3) is 0.357. The van der Waals surface area contributed by atoms with Gasteiger partial charge in [-0.25, -0.2) is 4.79 Å². The predicted molar refractivity (Wildman–Crippen MR) is 73.3 cm³/mol. The topological polar surface area (TPSA) is 74.2 Å². The molecule has 0 spiro atoms. The van der Waals surface area contributed by atoms with Crippen LogP contribution in [0.4, 0.5) is 0 Å². The van der Waals surface area contributed by atoms with Gasteiger partial charge in [0, 0.05) is 5.56 Å². The quantitative estimate of drug-likeness (QED) is 0.610. The van der Waals surface area contributed by atoms with Gasteiger partial charge in [0.25, 0.3) is 0 Å². The molecule has 0 radical (unpaired) electrons. The van der Waals surface area contributed by atoms with Crippen LogP contribution in [0.2, 0.25) is 0 Å². The molecule has 0 heterocycles. The third-order valence-corrected chi connectivity index (χ3v) is 2.53. The first-order valence-corrected chi connectivity index (χ1v) is 5.95. The number of hydrogen-bond acceptors (Lipinski definition) is 5. The zero-order chi connectivity index (χ0) is 15.1. The van der Waals surface area contributed by atoms with Crippen molar-refractivity contribution in [1.29, 1.82) is 0 Å². The molecular weight excluding hydrogens is 264 g/mol. The number of rotatable bonds is 7. The molecule has 1 aromatic rings. The second kappa shape index (κ2) is 7.28. The molecule has 0 bridgehead atoms. The molecule has 6 nitrogen and oxygen atoms in total. The molecule has 0 aliphatic carbocycles. The molecule has 0 saturated heterocycles. The minimum absolute atomic E-state index is 0.169. The molecule has 0 aromatic heterocycles. The summed E-state index contributed by atoms with van der Waals surface area (Å²) in [7, 11) is 4.46. The van der Waals surface area contributed by atoms with Gasteiger partial charge in [-0.3, -0.25) is 0 Å². The van der Waals surface area contributed by atoms with Gasteiger partial charge >= 0.3 is 5.97 Å². The molecule has 0 aliphatic heterocycles. The molecule has 1 rings (SSSR count). The Balaban J connectivity index is 3.37. The molecule has 1 aromatic carbocycles. The smallest absolute Gasteiger partial charge is 0.371 e. The maximum atomic E-state index is 11.1. The average molecular weight is 282 g/mol. The monoisotopic (exact) mass is 282 g/mol. The highest BCUT2D eigenvalue weighted by Crippen LogP contribution is 2.40. The van der Waals surface area contributed by atoms with Crippen molar-refractivity contribution in [1.82, 2.24) is 0 Å². The summed E-state index contributed by atoms with van der Waals surface area (Å²) in [4.78, 5) is 11.1. The van der Waals surface area contributed by atoms with Crippen molar-refractivity contribution in [3.63, 3.8) is 0 Å². The van der Waals surface area contributed by atoms with Gasteiger partial charge < -0.3 is 24.1 Å². The summed E-state index contributed by atoms with van der Waals surface area (Å²) in [5.74, 6) is -0.0493. The first-order chi connectivity index (χ1) is 9.58. The van der Waals surface area contributed by atoms with Crippen LogP contribution in [0.15, 0.2) is 17.9 Å². The Morgan fingerprint density at radius 3 is 2.25 bits per heavy atom. The highest BCUT2D eigenvalue weighted by Gasteiger charge is 2.17. The lowest BCUT2D eigenvalue weighted by Gasteiger charge is -2.14. The zero-order valence-electron chi connectivity index (χ0n) is 11.9. The number of methoxy groups -OCH3 is 3. The molecule has 110 valence electrons. The van der Waals surface area contributed by atoms with Gasteiger partial charge in [0.1, 0.15) is 0 Å². The maximum absolute atomic E-state index is 11.1. The lowest BCUT2D eigenvalue weighted by atomic mass is 10.1. The van der Waals surface area contributed by atoms with Crippen molar-refractivity contribution < 1.29 is 28.8 Å². The SMILES string of the molecule is CCOC(=Cc1ccc(OC)c(OC)c1OC)C(=O)O. The minimum Gasteiger partial charge on any atom is -0.493 e. The Hall–Kier alpha value is -2.37. The van der Waals surface area contributed by atoms with E-state index in [2.05, 4.69) is 0 Å². The van der Waals surface area contributed by atoms with E-state index >= 15 is 0 Å². The summed E-state index contributed by atoms with van der Waals surface area (Å²) in [6, 6.07) is 3.33. The molecule has 0 atom stereocenters. The lowest BCUT2D eigenvalue weighted by Crippen LogP contribution is -2.05. The van der Waals surface area contributed by atoms with Crippen LogP contribution in [-0.2, 0) is 9.53 Å². The van der Waals surface area contributed by atoms with Gasteiger partial charge in [0.15, 0.2) is 11.5 Å². The summed E-state index contributed by atoms with van der Waals surface area (Å²) >= 11 is 0. The first-order valence-electron chi connectivity index (χ1n) is 5.95. The number of carboxylic acid groups (broad SMARTS) is 1. The van der Waals surface area contributed by atoms with Crippen molar-refractivity contribution >= 4 is 12.0 Å². The lowest BCUT2D eigenvalue weighted by molar-refractivity contribution is -0.136. The van der Waals surface area contributed by atoms with E-state index in [-0.39, 0.29) is 12.4 Å². The van der Waals surface area contributed by atoms with Crippen LogP contribution in [0, 0.1) is 0 Å². The third-order valence-electron chi connectivity index (χ3n) is 2.53. The second-order valence-corrected chi connectivity index (χ2v) is 3.67. The van der Waals surface area contributed by atoms with E-state index < -0.39 is 5.97 Å². The van der Waals surface area contributed by atoms with E-state index in [1.54, 1.807) is 19.1 Å². The number of aliphatic carboxylic acids is 1. The highest BCUT2D eigenvalue weighted by atomic mass is 16.5. The summed E-state index contributed by atoms with van der Waals surface area (Å²) in [5.41, 5.74) is 0.524. The average Bonchev–Trinajstić information content (AvgIpc) is 2.45. The summed E-state index contributed by atoms with van der Waals surface area (Å²) < 4.78 is 20.7. The highest BCUT2D eigenvalue weighted by molar-refractivity contribution is 5.90. The molecule has 0 aliphatic rings. The first kappa shape index (κ1) is 15.7. The van der Waals surface area contributed by atoms with Crippen LogP contribution < -0.4 is 14.2 Å². The maximum Gasteiger partial charge on any atom is 0.371 e. The molecule has 6 heteroatoms. The van der Waals surface area contributed by atoms with E-state index in [4.69, 9.17) is 24.1 Å². The van der Waals surface area contributed by atoms with Crippen molar-refractivity contribution in [3.8, 4) is 17.2 Å². The number of carboxylic acids is 1. The summed E-state index contributed by atoms with van der Waals surface area (Å²) in [6.07, 6.45) is 1.38. The van der Waals surface area contributed by atoms with E-state index in [0.717, 1.165) is 0 Å². The van der Waals surface area contributed by atoms with Gasteiger partial charge in [-0.05, 0) is 25.1 Å². The number of hydrogen-bond donors (Lipinski definition) is 1. The van der Waals surface area contributed by atoms with Crippen molar-refractivity contribution in [2.75, 3.05) is 27.9 Å². The Morgan fingerprint density at radius 1 is 1.15 bits per heavy atom. The van der Waals surface area contributed by atoms with Crippen molar-refractivity contribution in [3.05, 3.63) is 23.5 Å². The molecule has 0 saturated carbocycles. The van der Waals surface area contributed by atoms with E-state index in [0.29, 0.717) is 22.8 Å². The fourth-order valence-corrected chi connectivity index (χ4v) is 1.70. The molecule has 0 fully saturated rings. The minimum atomic E-state index is -1.15. The Labute approximate surface area is 117 Å². The van der Waals surface area contributed by atoms with Gasteiger partial charge in [-0.15, -0.1) is 0 Å². The normalized spacial score (nSPS) is 10.9. The van der Waals surface area contributed by atoms with Gasteiger partial charge in [0.05, 0.1) is 27.9 Å². The molecular formula is C14H18O6. The summed E-state index contributed by atoms with van der Waals surface area (Å²) in [6.45, 7) is 1.97. The summed E-state index contributed by atoms with van der Waals surface area (Å²) in [5, 5.41) is 9.07. The Bertz CT molecular complexity index is 507. The molecule has 0 amide bonds. The van der Waals surface area contributed by atoms with Crippen molar-refractivity contribution in [2.45, 2.75) is 6.92 Å². The van der Waals surface area contributed by atoms with Gasteiger partial charge in [-0.2, -0.15) is 0 Å². The van der Waals surface area contributed by atoms with Gasteiger partial charge in [0.2, 0.25) is 11.5 Å². The second-order valence-electron chi connectivity index (χ2n) is 3.67. The van der Waals surface area contributed by atoms with E-state index in [9.17, 15) is 4.79 Å². The fourth-order valence-electron chi connectivity index (χ4n) is 1.70. The number of carbonyl (C=O) groups is 1. The van der Waals surface area contributed by atoms with Crippen LogP contribution in [0.3, 0.4) is 0 Å². The van der Waals surface area contributed by atoms with Crippen molar-refractivity contribution in [2.24, 2.45) is 0 Å².